The van der Waals surface area contributed by atoms with Gasteiger partial charge in [-0.15, -0.1) is 0 Å². The topological polar surface area (TPSA) is 187 Å². The number of piperidine rings is 1. The first-order valence-electron chi connectivity index (χ1n) is 11.2. The Hall–Kier alpha value is -3.77. The molecule has 0 spiro atoms. The third-order valence-electron chi connectivity index (χ3n) is 5.73. The summed E-state index contributed by atoms with van der Waals surface area (Å²) in [6.07, 6.45) is 2.29. The number of aliphatic hydroxyl groups is 2. The van der Waals surface area contributed by atoms with Gasteiger partial charge in [0.05, 0.1) is 6.61 Å². The van der Waals surface area contributed by atoms with Gasteiger partial charge in [-0.25, -0.2) is 14.4 Å². The van der Waals surface area contributed by atoms with Crippen LogP contribution >= 0.6 is 0 Å². The van der Waals surface area contributed by atoms with Crippen molar-refractivity contribution in [3.8, 4) is 5.75 Å². The largest absolute Gasteiger partial charge is 0.508 e. The molecule has 2 heterocycles. The van der Waals surface area contributed by atoms with Crippen LogP contribution in [0.2, 0.25) is 0 Å². The normalized spacial score (nSPS) is 15.1. The Labute approximate surface area is 206 Å². The van der Waals surface area contributed by atoms with Crippen LogP contribution in [0.5, 0.6) is 5.75 Å². The van der Waals surface area contributed by atoms with Crippen molar-refractivity contribution in [2.45, 2.75) is 33.2 Å². The van der Waals surface area contributed by atoms with Gasteiger partial charge in [0.15, 0.2) is 0 Å². The van der Waals surface area contributed by atoms with Crippen molar-refractivity contribution in [3.63, 3.8) is 0 Å². The Balaban J connectivity index is 0.000000388. The van der Waals surface area contributed by atoms with Gasteiger partial charge in [-0.05, 0) is 50.9 Å². The van der Waals surface area contributed by atoms with Gasteiger partial charge in [-0.1, -0.05) is 6.92 Å². The molecule has 2 aromatic rings. The number of benzene rings is 1. The number of carboxylic acid groups (broad SMARTS) is 2. The highest BCUT2D eigenvalue weighted by Crippen LogP contribution is 2.35. The van der Waals surface area contributed by atoms with E-state index < -0.39 is 29.4 Å². The van der Waals surface area contributed by atoms with Crippen LogP contribution in [-0.4, -0.2) is 81.8 Å². The van der Waals surface area contributed by atoms with Gasteiger partial charge < -0.3 is 39.4 Å². The summed E-state index contributed by atoms with van der Waals surface area (Å²) in [5, 5.41) is 43.3. The number of phenols is 1. The number of rotatable bonds is 8. The van der Waals surface area contributed by atoms with Gasteiger partial charge >= 0.3 is 17.9 Å². The quantitative estimate of drug-likeness (QED) is 0.152. The minimum absolute atomic E-state index is 0.180. The van der Waals surface area contributed by atoms with Gasteiger partial charge in [0, 0.05) is 24.6 Å². The molecule has 1 aromatic heterocycles. The zero-order chi connectivity index (χ0) is 27.0. The van der Waals surface area contributed by atoms with Crippen molar-refractivity contribution in [2.24, 2.45) is 5.92 Å². The Bertz CT molecular complexity index is 1100. The number of aliphatic carboxylic acids is 2. The minimum Gasteiger partial charge on any atom is -0.508 e. The summed E-state index contributed by atoms with van der Waals surface area (Å²) in [6, 6.07) is 3.33. The smallest absolute Gasteiger partial charge is 0.375 e. The molecule has 5 N–H and O–H groups in total. The number of hydrogen-bond acceptors (Lipinski definition) is 10. The van der Waals surface area contributed by atoms with Gasteiger partial charge in [-0.3, -0.25) is 4.90 Å². The second kappa shape index (κ2) is 12.8. The molecule has 1 aliphatic rings. The van der Waals surface area contributed by atoms with Crippen LogP contribution < -0.4 is 0 Å². The molecule has 0 atom stereocenters. The molecule has 198 valence electrons. The van der Waals surface area contributed by atoms with Gasteiger partial charge in [0.2, 0.25) is 0 Å². The Morgan fingerprint density at radius 2 is 1.61 bits per heavy atom. The molecule has 0 aliphatic carbocycles. The van der Waals surface area contributed by atoms with Crippen molar-refractivity contribution in [3.05, 3.63) is 40.5 Å². The SMILES string of the molecule is COCCOC(=O)c1c(C)oc2ccc(O)c(CN3CCC(C)CC3)c12.O=C(O)/C(O)=C(\O)C(=O)O. The molecular weight excluding hydrogens is 478 g/mol. The van der Waals surface area contributed by atoms with E-state index in [4.69, 9.17) is 34.3 Å². The fraction of sp³-hybridized carbons (Fsp3) is 0.458. The molecule has 1 aliphatic heterocycles. The number of aliphatic hydroxyl groups excluding tert-OH is 2. The molecule has 0 amide bonds. The lowest BCUT2D eigenvalue weighted by atomic mass is 9.97. The predicted molar refractivity (Wildman–Crippen MR) is 126 cm³/mol. The number of carbonyl (C=O) groups excluding carboxylic acids is 1. The van der Waals surface area contributed by atoms with Crippen LogP contribution in [0.15, 0.2) is 28.1 Å². The van der Waals surface area contributed by atoms with Gasteiger partial charge in [0.25, 0.3) is 11.5 Å². The maximum absolute atomic E-state index is 12.6. The van der Waals surface area contributed by atoms with E-state index in [1.807, 2.05) is 0 Å². The van der Waals surface area contributed by atoms with Crippen molar-refractivity contribution >= 4 is 28.9 Å². The Morgan fingerprint density at radius 3 is 2.14 bits per heavy atom. The summed E-state index contributed by atoms with van der Waals surface area (Å²) < 4.78 is 16.0. The van der Waals surface area contributed by atoms with E-state index in [0.717, 1.165) is 37.4 Å². The number of aryl methyl sites for hydroxylation is 1. The molecule has 0 saturated carbocycles. The van der Waals surface area contributed by atoms with Crippen LogP contribution in [0.1, 0.15) is 41.4 Å². The first kappa shape index (κ1) is 28.5. The number of ether oxygens (including phenoxy) is 2. The number of esters is 1. The van der Waals surface area contributed by atoms with Crippen molar-refractivity contribution in [2.75, 3.05) is 33.4 Å². The fourth-order valence-corrected chi connectivity index (χ4v) is 3.71. The second-order valence-corrected chi connectivity index (χ2v) is 8.36. The minimum atomic E-state index is -1.89. The maximum Gasteiger partial charge on any atom is 0.375 e. The Morgan fingerprint density at radius 1 is 1.03 bits per heavy atom. The van der Waals surface area contributed by atoms with Crippen LogP contribution in [0.25, 0.3) is 11.0 Å². The molecule has 0 unspecified atom stereocenters. The predicted octanol–water partition coefficient (Wildman–Crippen LogP) is 2.97. The summed E-state index contributed by atoms with van der Waals surface area (Å²) in [4.78, 5) is 34.3. The molecular formula is C24H31NO11. The average molecular weight is 510 g/mol. The van der Waals surface area contributed by atoms with Crippen LogP contribution in [-0.2, 0) is 25.6 Å². The summed E-state index contributed by atoms with van der Waals surface area (Å²) in [7, 11) is 1.56. The van der Waals surface area contributed by atoms with E-state index in [2.05, 4.69) is 11.8 Å². The summed E-state index contributed by atoms with van der Waals surface area (Å²) in [5.74, 6) is -5.96. The van der Waals surface area contributed by atoms with E-state index in [9.17, 15) is 19.5 Å². The summed E-state index contributed by atoms with van der Waals surface area (Å²) in [6.45, 7) is 7.10. The molecule has 1 saturated heterocycles. The zero-order valence-electron chi connectivity index (χ0n) is 20.3. The molecule has 36 heavy (non-hydrogen) atoms. The van der Waals surface area contributed by atoms with Gasteiger partial charge in [-0.2, -0.15) is 0 Å². The number of likely N-dealkylation sites (tertiary alicyclic amines) is 1. The highest BCUT2D eigenvalue weighted by molar-refractivity contribution is 6.06. The highest BCUT2D eigenvalue weighted by atomic mass is 16.6. The lowest BCUT2D eigenvalue weighted by molar-refractivity contribution is -0.140. The number of nitrogens with zero attached hydrogens (tertiary/aromatic N) is 1. The van der Waals surface area contributed by atoms with Gasteiger partial charge in [0.1, 0.15) is 29.3 Å². The van der Waals surface area contributed by atoms with Crippen LogP contribution in [0.4, 0.5) is 0 Å². The number of phenolic OH excluding ortho intramolecular Hbond substituents is 1. The Kier molecular flexibility index (Phi) is 10.1. The van der Waals surface area contributed by atoms with E-state index in [1.165, 1.54) is 0 Å². The maximum atomic E-state index is 12.6. The molecule has 1 aromatic carbocycles. The summed E-state index contributed by atoms with van der Waals surface area (Å²) in [5.41, 5.74) is 1.72. The average Bonchev–Trinajstić information content (AvgIpc) is 3.17. The third kappa shape index (κ3) is 7.12. The highest BCUT2D eigenvalue weighted by Gasteiger charge is 2.26. The monoisotopic (exact) mass is 509 g/mol. The number of fused-ring (bicyclic) bond motifs is 1. The first-order valence-corrected chi connectivity index (χ1v) is 11.2. The number of carbonyl (C=O) groups is 3. The number of hydrogen-bond donors (Lipinski definition) is 5. The van der Waals surface area contributed by atoms with Crippen molar-refractivity contribution in [1.29, 1.82) is 0 Å². The van der Waals surface area contributed by atoms with E-state index in [0.29, 0.717) is 35.4 Å². The lowest BCUT2D eigenvalue weighted by Crippen LogP contribution is -2.32. The molecule has 0 radical (unpaired) electrons. The summed E-state index contributed by atoms with van der Waals surface area (Å²) >= 11 is 0. The third-order valence-corrected chi connectivity index (χ3v) is 5.73. The fourth-order valence-electron chi connectivity index (χ4n) is 3.71. The van der Waals surface area contributed by atoms with E-state index in [1.54, 1.807) is 26.2 Å². The number of furan rings is 1. The number of carboxylic acids is 2. The number of aromatic hydroxyl groups is 1. The second-order valence-electron chi connectivity index (χ2n) is 8.36. The zero-order valence-corrected chi connectivity index (χ0v) is 20.3. The molecule has 0 bridgehead atoms. The molecule has 3 rings (SSSR count). The molecule has 12 heteroatoms. The first-order chi connectivity index (χ1) is 17.0. The number of methoxy groups -OCH3 is 1. The standard InChI is InChI=1S/C20H27NO5.C4H4O6/c1-13-6-8-21(9-7-13)12-15-16(22)4-5-17-19(15)18(14(2)26-17)20(23)25-11-10-24-3;5-1(3(7)8)2(6)4(9)10/h4-5,13,22H,6-12H2,1-3H3;5-6H,(H,7,8)(H,9,10)/b;2-1+. The van der Waals surface area contributed by atoms with Crippen LogP contribution in [0.3, 0.4) is 0 Å². The van der Waals surface area contributed by atoms with E-state index in [-0.39, 0.29) is 12.4 Å². The van der Waals surface area contributed by atoms with Crippen molar-refractivity contribution in [1.82, 2.24) is 4.90 Å². The van der Waals surface area contributed by atoms with Crippen LogP contribution in [0, 0.1) is 12.8 Å². The molecule has 12 nitrogen and oxygen atoms in total. The van der Waals surface area contributed by atoms with E-state index >= 15 is 0 Å². The van der Waals surface area contributed by atoms with Crippen molar-refractivity contribution < 1.29 is 53.8 Å². The lowest BCUT2D eigenvalue weighted by Gasteiger charge is -2.30. The molecule has 1 fully saturated rings.